The summed E-state index contributed by atoms with van der Waals surface area (Å²) in [6, 6.07) is 27.4. The van der Waals surface area contributed by atoms with Crippen LogP contribution < -0.4 is 15.0 Å². The molecule has 5 heteroatoms. The van der Waals surface area contributed by atoms with Gasteiger partial charge in [-0.05, 0) is 72.8 Å². The highest BCUT2D eigenvalue weighted by Crippen LogP contribution is 2.31. The van der Waals surface area contributed by atoms with Gasteiger partial charge in [0.1, 0.15) is 11.5 Å². The standard InChI is InChI=1S/C29H26N2O3/c1-19-14-20(2)16-24(15-19)31-18-22(17-28(31)32)29(33)30-23-10-12-25(13-11-23)34-27-9-5-7-21-6-3-4-8-26(21)27/h3-16,22H,17-18H2,1-2H3,(H,30,33)/t22-/m1/s1. The second kappa shape index (κ2) is 9.02. The van der Waals surface area contributed by atoms with Crippen LogP contribution in [0.5, 0.6) is 11.5 Å². The maximum absolute atomic E-state index is 12.9. The van der Waals surface area contributed by atoms with Crippen LogP contribution >= 0.6 is 0 Å². The van der Waals surface area contributed by atoms with Crippen LogP contribution in [0.1, 0.15) is 17.5 Å². The number of hydrogen-bond donors (Lipinski definition) is 1. The van der Waals surface area contributed by atoms with E-state index in [-0.39, 0.29) is 24.2 Å². The third kappa shape index (κ3) is 4.50. The lowest BCUT2D eigenvalue weighted by Crippen LogP contribution is -2.28. The minimum atomic E-state index is -0.389. The maximum Gasteiger partial charge on any atom is 0.229 e. The van der Waals surface area contributed by atoms with Gasteiger partial charge in [-0.25, -0.2) is 0 Å². The van der Waals surface area contributed by atoms with Gasteiger partial charge in [0.15, 0.2) is 0 Å². The molecule has 1 N–H and O–H groups in total. The lowest BCUT2D eigenvalue weighted by molar-refractivity contribution is -0.122. The monoisotopic (exact) mass is 450 g/mol. The van der Waals surface area contributed by atoms with E-state index in [0.29, 0.717) is 18.0 Å². The van der Waals surface area contributed by atoms with E-state index in [1.807, 2.05) is 80.6 Å². The number of nitrogens with one attached hydrogen (secondary N) is 1. The fraction of sp³-hybridized carbons (Fsp3) is 0.172. The van der Waals surface area contributed by atoms with Crippen LogP contribution in [0, 0.1) is 19.8 Å². The molecule has 0 unspecified atom stereocenters. The van der Waals surface area contributed by atoms with Crippen molar-refractivity contribution in [2.24, 2.45) is 5.92 Å². The van der Waals surface area contributed by atoms with Gasteiger partial charge < -0.3 is 15.0 Å². The second-order valence-electron chi connectivity index (χ2n) is 8.84. The van der Waals surface area contributed by atoms with E-state index in [0.717, 1.165) is 33.3 Å². The Morgan fingerprint density at radius 2 is 1.62 bits per heavy atom. The van der Waals surface area contributed by atoms with Crippen LogP contribution in [-0.2, 0) is 9.59 Å². The summed E-state index contributed by atoms with van der Waals surface area (Å²) in [5, 5.41) is 5.11. The molecule has 5 nitrogen and oxygen atoms in total. The highest BCUT2D eigenvalue weighted by atomic mass is 16.5. The van der Waals surface area contributed by atoms with Crippen molar-refractivity contribution >= 4 is 34.0 Å². The first-order valence-electron chi connectivity index (χ1n) is 11.4. The molecule has 34 heavy (non-hydrogen) atoms. The van der Waals surface area contributed by atoms with Gasteiger partial charge in [-0.3, -0.25) is 9.59 Å². The molecule has 170 valence electrons. The number of anilines is 2. The summed E-state index contributed by atoms with van der Waals surface area (Å²) >= 11 is 0. The van der Waals surface area contributed by atoms with Crippen molar-refractivity contribution in [1.29, 1.82) is 0 Å². The largest absolute Gasteiger partial charge is 0.457 e. The zero-order valence-corrected chi connectivity index (χ0v) is 19.2. The lowest BCUT2D eigenvalue weighted by atomic mass is 10.1. The third-order valence-electron chi connectivity index (χ3n) is 6.11. The van der Waals surface area contributed by atoms with Crippen molar-refractivity contribution in [3.63, 3.8) is 0 Å². The van der Waals surface area contributed by atoms with Gasteiger partial charge in [0.05, 0.1) is 5.92 Å². The van der Waals surface area contributed by atoms with E-state index in [1.54, 1.807) is 4.90 Å². The van der Waals surface area contributed by atoms with Crippen molar-refractivity contribution in [2.75, 3.05) is 16.8 Å². The van der Waals surface area contributed by atoms with Crippen LogP contribution in [0.25, 0.3) is 10.8 Å². The van der Waals surface area contributed by atoms with Crippen LogP contribution in [0.15, 0.2) is 84.9 Å². The highest BCUT2D eigenvalue weighted by molar-refractivity contribution is 6.03. The number of nitrogens with zero attached hydrogens (tertiary/aromatic N) is 1. The maximum atomic E-state index is 12.9. The van der Waals surface area contributed by atoms with Crippen molar-refractivity contribution < 1.29 is 14.3 Å². The van der Waals surface area contributed by atoms with E-state index in [4.69, 9.17) is 4.74 Å². The van der Waals surface area contributed by atoms with E-state index in [1.165, 1.54) is 0 Å². The minimum Gasteiger partial charge on any atom is -0.457 e. The molecule has 1 aliphatic rings. The van der Waals surface area contributed by atoms with Gasteiger partial charge in [-0.1, -0.05) is 42.5 Å². The summed E-state index contributed by atoms with van der Waals surface area (Å²) < 4.78 is 6.08. The number of fused-ring (bicyclic) bond motifs is 1. The zero-order chi connectivity index (χ0) is 23.7. The number of ether oxygens (including phenoxy) is 1. The first kappa shape index (κ1) is 21.7. The fourth-order valence-electron chi connectivity index (χ4n) is 4.50. The molecule has 4 aromatic rings. The van der Waals surface area contributed by atoms with E-state index >= 15 is 0 Å². The number of benzene rings is 4. The molecule has 2 amide bonds. The third-order valence-corrected chi connectivity index (χ3v) is 6.11. The van der Waals surface area contributed by atoms with E-state index in [9.17, 15) is 9.59 Å². The molecular weight excluding hydrogens is 424 g/mol. The quantitative estimate of drug-likeness (QED) is 0.391. The molecule has 0 bridgehead atoms. The fourth-order valence-corrected chi connectivity index (χ4v) is 4.50. The SMILES string of the molecule is Cc1cc(C)cc(N2C[C@H](C(=O)Nc3ccc(Oc4cccc5ccccc45)cc3)CC2=O)c1. The Labute approximate surface area is 199 Å². The van der Waals surface area contributed by atoms with Gasteiger partial charge in [0, 0.05) is 29.7 Å². The topological polar surface area (TPSA) is 58.6 Å². The Bertz CT molecular complexity index is 1350. The Morgan fingerprint density at radius 1 is 0.912 bits per heavy atom. The molecule has 0 radical (unpaired) electrons. The summed E-state index contributed by atoms with van der Waals surface area (Å²) in [6.07, 6.45) is 0.209. The molecule has 1 atom stereocenters. The molecule has 0 aliphatic carbocycles. The van der Waals surface area contributed by atoms with Crippen LogP contribution in [0.4, 0.5) is 11.4 Å². The molecular formula is C29H26N2O3. The molecule has 0 saturated carbocycles. The molecule has 5 rings (SSSR count). The van der Waals surface area contributed by atoms with Crippen molar-refractivity contribution in [3.05, 3.63) is 96.1 Å². The van der Waals surface area contributed by atoms with E-state index in [2.05, 4.69) is 23.5 Å². The Balaban J connectivity index is 1.24. The number of amides is 2. The number of carbonyl (C=O) groups is 2. The lowest BCUT2D eigenvalue weighted by Gasteiger charge is -2.18. The van der Waals surface area contributed by atoms with Crippen molar-refractivity contribution in [1.82, 2.24) is 0 Å². The van der Waals surface area contributed by atoms with Crippen LogP contribution in [0.3, 0.4) is 0 Å². The Kier molecular flexibility index (Phi) is 5.76. The minimum absolute atomic E-state index is 0.0241. The van der Waals surface area contributed by atoms with Crippen molar-refractivity contribution in [3.8, 4) is 11.5 Å². The highest BCUT2D eigenvalue weighted by Gasteiger charge is 2.35. The van der Waals surface area contributed by atoms with Crippen LogP contribution in [-0.4, -0.2) is 18.4 Å². The van der Waals surface area contributed by atoms with Gasteiger partial charge in [0.2, 0.25) is 11.8 Å². The van der Waals surface area contributed by atoms with Gasteiger partial charge >= 0.3 is 0 Å². The normalized spacial score (nSPS) is 15.5. The number of hydrogen-bond acceptors (Lipinski definition) is 3. The zero-order valence-electron chi connectivity index (χ0n) is 19.2. The first-order chi connectivity index (χ1) is 16.5. The summed E-state index contributed by atoms with van der Waals surface area (Å²) in [4.78, 5) is 27.2. The summed E-state index contributed by atoms with van der Waals surface area (Å²) in [7, 11) is 0. The van der Waals surface area contributed by atoms with Gasteiger partial charge in [0.25, 0.3) is 0 Å². The molecule has 1 aliphatic heterocycles. The van der Waals surface area contributed by atoms with Gasteiger partial charge in [-0.2, -0.15) is 0 Å². The molecule has 1 heterocycles. The predicted octanol–water partition coefficient (Wildman–Crippen LogP) is 6.24. The molecule has 4 aromatic carbocycles. The average Bonchev–Trinajstić information content (AvgIpc) is 3.22. The molecule has 0 spiro atoms. The average molecular weight is 451 g/mol. The van der Waals surface area contributed by atoms with E-state index < -0.39 is 0 Å². The smallest absolute Gasteiger partial charge is 0.229 e. The number of aryl methyl sites for hydroxylation is 2. The Morgan fingerprint density at radius 3 is 2.38 bits per heavy atom. The second-order valence-corrected chi connectivity index (χ2v) is 8.84. The first-order valence-corrected chi connectivity index (χ1v) is 11.4. The summed E-state index contributed by atoms with van der Waals surface area (Å²) in [5.41, 5.74) is 3.73. The number of rotatable bonds is 5. The summed E-state index contributed by atoms with van der Waals surface area (Å²) in [6.45, 7) is 4.40. The van der Waals surface area contributed by atoms with Crippen LogP contribution in [0.2, 0.25) is 0 Å². The molecule has 0 aromatic heterocycles. The van der Waals surface area contributed by atoms with Gasteiger partial charge in [-0.15, -0.1) is 0 Å². The van der Waals surface area contributed by atoms with Crippen molar-refractivity contribution in [2.45, 2.75) is 20.3 Å². The molecule has 1 saturated heterocycles. The predicted molar refractivity (Wildman–Crippen MR) is 135 cm³/mol. The number of carbonyl (C=O) groups excluding carboxylic acids is 2. The molecule has 1 fully saturated rings. The summed E-state index contributed by atoms with van der Waals surface area (Å²) in [5.74, 6) is 0.907. The Hall–Kier alpha value is -4.12.